The van der Waals surface area contributed by atoms with E-state index in [2.05, 4.69) is 26.0 Å². The molecule has 64 heavy (non-hydrogen) atoms. The number of allylic oxidation sites excluding steroid dienone is 4. The van der Waals surface area contributed by atoms with E-state index in [1.807, 2.05) is 12.2 Å². The summed E-state index contributed by atoms with van der Waals surface area (Å²) >= 11 is 0. The summed E-state index contributed by atoms with van der Waals surface area (Å²) in [7, 11) is 0. The molecule has 2 rings (SSSR count). The van der Waals surface area contributed by atoms with E-state index in [9.17, 15) is 45.3 Å². The lowest BCUT2D eigenvalue weighted by atomic mass is 9.98. The molecule has 0 aromatic heterocycles. The minimum absolute atomic E-state index is 0.0619. The van der Waals surface area contributed by atoms with Gasteiger partial charge in [-0.1, -0.05) is 160 Å². The van der Waals surface area contributed by atoms with Crippen LogP contribution in [0.15, 0.2) is 24.3 Å². The molecule has 0 aromatic carbocycles. The maximum Gasteiger partial charge on any atom is 0.306 e. The topological polar surface area (TPSA) is 231 Å². The summed E-state index contributed by atoms with van der Waals surface area (Å²) in [5.41, 5.74) is 0. The molecule has 2 fully saturated rings. The van der Waals surface area contributed by atoms with E-state index in [-0.39, 0.29) is 19.4 Å². The van der Waals surface area contributed by atoms with Crippen LogP contribution in [-0.2, 0) is 38.0 Å². The number of carbonyl (C=O) groups excluding carboxylic acids is 2. The van der Waals surface area contributed by atoms with Gasteiger partial charge in [0.25, 0.3) is 0 Å². The number of hydrogen-bond donors (Lipinski definition) is 7. The molecule has 15 nitrogen and oxygen atoms in total. The van der Waals surface area contributed by atoms with Crippen LogP contribution >= 0.6 is 0 Å². The van der Waals surface area contributed by atoms with Crippen molar-refractivity contribution >= 4 is 11.9 Å². The normalized spacial score (nSPS) is 26.8. The molecule has 5 unspecified atom stereocenters. The SMILES string of the molecule is CCCCCCCC/C=C/C/C=C/CCC(=O)OC(COC(=O)CCCCCCCCCCCCCCCCC)CO[C@@H]1O[C@H](CO[C@@H]2O[C@H](CO)[C@H](O)C(O)C2O)[C@H](O)C(O)C1O. The van der Waals surface area contributed by atoms with Crippen LogP contribution in [0.2, 0.25) is 0 Å². The maximum atomic E-state index is 12.9. The van der Waals surface area contributed by atoms with Crippen LogP contribution in [0, 0.1) is 0 Å². The third-order valence-electron chi connectivity index (χ3n) is 11.9. The fourth-order valence-electron chi connectivity index (χ4n) is 7.80. The van der Waals surface area contributed by atoms with Gasteiger partial charge in [-0.3, -0.25) is 9.59 Å². The molecule has 0 amide bonds. The second-order valence-corrected chi connectivity index (χ2v) is 17.6. The van der Waals surface area contributed by atoms with E-state index in [0.717, 1.165) is 32.1 Å². The molecule has 2 saturated heterocycles. The number of esters is 2. The minimum atomic E-state index is -1.77. The number of aliphatic hydroxyl groups excluding tert-OH is 7. The van der Waals surface area contributed by atoms with Gasteiger partial charge in [-0.05, 0) is 32.1 Å². The first-order chi connectivity index (χ1) is 31.0. The first-order valence-electron chi connectivity index (χ1n) is 24.9. The van der Waals surface area contributed by atoms with Crippen molar-refractivity contribution in [3.05, 3.63) is 24.3 Å². The highest BCUT2D eigenvalue weighted by Crippen LogP contribution is 2.26. The van der Waals surface area contributed by atoms with Crippen molar-refractivity contribution in [2.75, 3.05) is 26.4 Å². The van der Waals surface area contributed by atoms with E-state index in [1.165, 1.54) is 109 Å². The van der Waals surface area contributed by atoms with Crippen LogP contribution in [-0.4, -0.2) is 142 Å². The summed E-state index contributed by atoms with van der Waals surface area (Å²) in [5.74, 6) is -0.997. The third kappa shape index (κ3) is 25.2. The predicted octanol–water partition coefficient (Wildman–Crippen LogP) is 6.38. The molecular weight excluding hydrogens is 829 g/mol. The van der Waals surface area contributed by atoms with E-state index < -0.39 is 99.3 Å². The molecule has 0 aliphatic carbocycles. The second-order valence-electron chi connectivity index (χ2n) is 17.6. The van der Waals surface area contributed by atoms with E-state index in [0.29, 0.717) is 12.8 Å². The number of unbranched alkanes of at least 4 members (excludes halogenated alkanes) is 20. The van der Waals surface area contributed by atoms with Gasteiger partial charge in [-0.25, -0.2) is 0 Å². The van der Waals surface area contributed by atoms with Gasteiger partial charge in [0.2, 0.25) is 0 Å². The van der Waals surface area contributed by atoms with Crippen molar-refractivity contribution in [1.82, 2.24) is 0 Å². The molecule has 11 atom stereocenters. The van der Waals surface area contributed by atoms with Gasteiger partial charge in [-0.2, -0.15) is 0 Å². The average molecular weight is 917 g/mol. The molecule has 2 aliphatic rings. The zero-order chi connectivity index (χ0) is 46.8. The fourth-order valence-corrected chi connectivity index (χ4v) is 7.80. The van der Waals surface area contributed by atoms with Crippen molar-refractivity contribution in [2.45, 2.75) is 248 Å². The van der Waals surface area contributed by atoms with Crippen LogP contribution < -0.4 is 0 Å². The Kier molecular flexibility index (Phi) is 33.6. The number of rotatable bonds is 38. The Morgan fingerprint density at radius 2 is 0.969 bits per heavy atom. The van der Waals surface area contributed by atoms with E-state index in [1.54, 1.807) is 0 Å². The van der Waals surface area contributed by atoms with Crippen molar-refractivity contribution in [1.29, 1.82) is 0 Å². The molecule has 0 radical (unpaired) electrons. The summed E-state index contributed by atoms with van der Waals surface area (Å²) in [5, 5.41) is 71.9. The van der Waals surface area contributed by atoms with Crippen LogP contribution in [0.25, 0.3) is 0 Å². The summed E-state index contributed by atoms with van der Waals surface area (Å²) < 4.78 is 33.4. The Bertz CT molecular complexity index is 1220. The fraction of sp³-hybridized carbons (Fsp3) is 0.878. The molecule has 7 N–H and O–H groups in total. The quantitative estimate of drug-likeness (QED) is 0.0203. The van der Waals surface area contributed by atoms with Gasteiger partial charge in [0.05, 0.1) is 19.8 Å². The Balaban J connectivity index is 1.84. The molecule has 374 valence electrons. The third-order valence-corrected chi connectivity index (χ3v) is 11.9. The van der Waals surface area contributed by atoms with Gasteiger partial charge in [-0.15, -0.1) is 0 Å². The number of ether oxygens (including phenoxy) is 6. The Morgan fingerprint density at radius 1 is 0.500 bits per heavy atom. The minimum Gasteiger partial charge on any atom is -0.462 e. The molecule has 0 aromatic rings. The highest BCUT2D eigenvalue weighted by atomic mass is 16.7. The first-order valence-corrected chi connectivity index (χ1v) is 24.9. The zero-order valence-corrected chi connectivity index (χ0v) is 39.3. The lowest BCUT2D eigenvalue weighted by molar-refractivity contribution is -0.332. The largest absolute Gasteiger partial charge is 0.462 e. The lowest BCUT2D eigenvalue weighted by Crippen LogP contribution is -2.61. The molecular formula is C49H88O15. The van der Waals surface area contributed by atoms with Crippen molar-refractivity contribution in [2.24, 2.45) is 0 Å². The maximum absolute atomic E-state index is 12.9. The monoisotopic (exact) mass is 917 g/mol. The molecule has 0 spiro atoms. The van der Waals surface area contributed by atoms with Crippen LogP contribution in [0.4, 0.5) is 0 Å². The molecule has 0 saturated carbocycles. The lowest BCUT2D eigenvalue weighted by Gasteiger charge is -2.42. The first kappa shape index (κ1) is 58.1. The Morgan fingerprint density at radius 3 is 1.52 bits per heavy atom. The van der Waals surface area contributed by atoms with Gasteiger partial charge in [0.15, 0.2) is 18.7 Å². The standard InChI is InChI=1S/C49H88O15/c1-3-5-7-9-11-13-15-17-18-20-21-23-25-27-29-31-40(51)59-34-37(62-41(52)32-30-28-26-24-22-19-16-14-12-10-8-6-4-2)35-60-48-47(58)45(56)43(54)39(64-48)36-61-49-46(57)44(55)42(53)38(33-50)63-49/h19,22,26,28,37-39,42-50,53-58H,3-18,20-21,23-25,27,29-36H2,1-2H3/b22-19+,28-26+/t37?,38-,39-,42+,43+,44?,45?,46?,47?,48-,49-/m1/s1. The van der Waals surface area contributed by atoms with Gasteiger partial charge in [0.1, 0.15) is 55.4 Å². The summed E-state index contributed by atoms with van der Waals surface area (Å²) in [6, 6.07) is 0. The van der Waals surface area contributed by atoms with Crippen LogP contribution in [0.1, 0.15) is 181 Å². The molecule has 0 bridgehead atoms. The number of hydrogen-bond acceptors (Lipinski definition) is 15. The summed E-state index contributed by atoms with van der Waals surface area (Å²) in [6.45, 7) is 2.52. The van der Waals surface area contributed by atoms with Gasteiger partial charge >= 0.3 is 11.9 Å². The molecule has 15 heteroatoms. The van der Waals surface area contributed by atoms with Gasteiger partial charge < -0.3 is 64.2 Å². The van der Waals surface area contributed by atoms with Gasteiger partial charge in [0, 0.05) is 12.8 Å². The smallest absolute Gasteiger partial charge is 0.306 e. The second kappa shape index (κ2) is 37.0. The van der Waals surface area contributed by atoms with E-state index in [4.69, 9.17) is 28.4 Å². The number of aliphatic hydroxyl groups is 7. The zero-order valence-electron chi connectivity index (χ0n) is 39.3. The summed E-state index contributed by atoms with van der Waals surface area (Å²) in [4.78, 5) is 25.7. The molecule has 2 aliphatic heterocycles. The predicted molar refractivity (Wildman–Crippen MR) is 243 cm³/mol. The highest BCUT2D eigenvalue weighted by Gasteiger charge is 2.47. The highest BCUT2D eigenvalue weighted by molar-refractivity contribution is 5.70. The number of carbonyl (C=O) groups is 2. The van der Waals surface area contributed by atoms with Crippen LogP contribution in [0.3, 0.4) is 0 Å². The Labute approximate surface area is 383 Å². The average Bonchev–Trinajstić information content (AvgIpc) is 3.29. The van der Waals surface area contributed by atoms with Crippen molar-refractivity contribution in [3.63, 3.8) is 0 Å². The van der Waals surface area contributed by atoms with Crippen LogP contribution in [0.5, 0.6) is 0 Å². The Hall–Kier alpha value is -2.02. The summed E-state index contributed by atoms with van der Waals surface area (Å²) in [6.07, 6.45) is 19.4. The van der Waals surface area contributed by atoms with E-state index >= 15 is 0 Å². The van der Waals surface area contributed by atoms with Crippen molar-refractivity contribution in [3.8, 4) is 0 Å². The molecule has 2 heterocycles. The van der Waals surface area contributed by atoms with Crippen molar-refractivity contribution < 1.29 is 73.8 Å².